The van der Waals surface area contributed by atoms with Crippen LogP contribution in [0.4, 0.5) is 11.6 Å². The highest BCUT2D eigenvalue weighted by Crippen LogP contribution is 2.21. The minimum absolute atomic E-state index is 0.287. The molecule has 3 aromatic heterocycles. The van der Waals surface area contributed by atoms with Crippen LogP contribution in [0.15, 0.2) is 43.4 Å². The number of rotatable bonds is 9. The highest BCUT2D eigenvalue weighted by molar-refractivity contribution is 5.68. The molecule has 0 aliphatic rings. The normalized spacial score (nSPS) is 12.1. The van der Waals surface area contributed by atoms with E-state index in [0.717, 1.165) is 41.3 Å². The zero-order valence-corrected chi connectivity index (χ0v) is 15.0. The summed E-state index contributed by atoms with van der Waals surface area (Å²) in [5, 5.41) is 11.3. The fourth-order valence-corrected chi connectivity index (χ4v) is 2.77. The van der Waals surface area contributed by atoms with Crippen molar-refractivity contribution in [3.05, 3.63) is 54.5 Å². The molecule has 0 aliphatic heterocycles. The molecule has 0 radical (unpaired) electrons. The van der Waals surface area contributed by atoms with Crippen molar-refractivity contribution < 1.29 is 0 Å². The molecular formula is C19H25N7. The number of nitrogens with zero attached hydrogens (tertiary/aromatic N) is 4. The predicted octanol–water partition coefficient (Wildman–Crippen LogP) is 2.92. The van der Waals surface area contributed by atoms with Crippen LogP contribution in [-0.4, -0.2) is 32.2 Å². The first-order valence-electron chi connectivity index (χ1n) is 8.82. The molecule has 0 bridgehead atoms. The minimum atomic E-state index is 0.287. The lowest BCUT2D eigenvalue weighted by atomic mass is 10.2. The zero-order chi connectivity index (χ0) is 18.4. The van der Waals surface area contributed by atoms with E-state index in [1.165, 1.54) is 0 Å². The van der Waals surface area contributed by atoms with Crippen LogP contribution in [0.25, 0.3) is 11.7 Å². The molecule has 0 saturated heterocycles. The Morgan fingerprint density at radius 1 is 1.38 bits per heavy atom. The number of fused-ring (bicyclic) bond motifs is 1. The summed E-state index contributed by atoms with van der Waals surface area (Å²) in [5.41, 5.74) is 8.37. The van der Waals surface area contributed by atoms with Crippen molar-refractivity contribution in [1.82, 2.24) is 19.6 Å². The third-order valence-electron chi connectivity index (χ3n) is 4.15. The van der Waals surface area contributed by atoms with Crippen molar-refractivity contribution in [2.75, 3.05) is 17.2 Å². The van der Waals surface area contributed by atoms with Crippen molar-refractivity contribution in [3.63, 3.8) is 0 Å². The third kappa shape index (κ3) is 4.18. The first kappa shape index (κ1) is 17.9. The van der Waals surface area contributed by atoms with Crippen LogP contribution in [0.5, 0.6) is 0 Å². The molecule has 3 aromatic rings. The van der Waals surface area contributed by atoms with Gasteiger partial charge in [0.25, 0.3) is 0 Å². The molecule has 0 aromatic carbocycles. The topological polar surface area (TPSA) is 93.2 Å². The number of nitrogens with two attached hydrogens (primary N) is 1. The van der Waals surface area contributed by atoms with Crippen molar-refractivity contribution in [2.45, 2.75) is 32.4 Å². The van der Waals surface area contributed by atoms with E-state index in [0.29, 0.717) is 13.1 Å². The Kier molecular flexibility index (Phi) is 5.80. The first-order chi connectivity index (χ1) is 12.7. The van der Waals surface area contributed by atoms with Gasteiger partial charge in [-0.05, 0) is 37.9 Å². The Hall–Kier alpha value is -2.93. The monoisotopic (exact) mass is 351 g/mol. The van der Waals surface area contributed by atoms with Crippen molar-refractivity contribution in [1.29, 1.82) is 0 Å². The molecule has 0 amide bonds. The Labute approximate surface area is 153 Å². The van der Waals surface area contributed by atoms with Crippen LogP contribution in [-0.2, 0) is 6.54 Å². The lowest BCUT2D eigenvalue weighted by Crippen LogP contribution is -2.18. The van der Waals surface area contributed by atoms with Gasteiger partial charge in [-0.3, -0.25) is 4.98 Å². The molecule has 7 heteroatoms. The van der Waals surface area contributed by atoms with Gasteiger partial charge in [0, 0.05) is 36.6 Å². The summed E-state index contributed by atoms with van der Waals surface area (Å²) in [6, 6.07) is 6.22. The molecule has 136 valence electrons. The second-order valence-electron chi connectivity index (χ2n) is 6.26. The summed E-state index contributed by atoms with van der Waals surface area (Å²) < 4.78 is 1.79. The highest BCUT2D eigenvalue weighted by Gasteiger charge is 2.11. The maximum atomic E-state index is 5.61. The van der Waals surface area contributed by atoms with Crippen LogP contribution in [0.2, 0.25) is 0 Å². The maximum Gasteiger partial charge on any atom is 0.166 e. The van der Waals surface area contributed by atoms with E-state index < -0.39 is 0 Å². The minimum Gasteiger partial charge on any atom is -0.367 e. The van der Waals surface area contributed by atoms with E-state index in [9.17, 15) is 0 Å². The van der Waals surface area contributed by atoms with E-state index in [4.69, 9.17) is 10.7 Å². The van der Waals surface area contributed by atoms with Gasteiger partial charge in [0.2, 0.25) is 0 Å². The molecule has 1 unspecified atom stereocenters. The predicted molar refractivity (Wildman–Crippen MR) is 106 cm³/mol. The first-order valence-corrected chi connectivity index (χ1v) is 8.82. The second-order valence-corrected chi connectivity index (χ2v) is 6.26. The number of pyridine rings is 1. The highest BCUT2D eigenvalue weighted by atomic mass is 15.3. The molecule has 7 nitrogen and oxygen atoms in total. The van der Waals surface area contributed by atoms with E-state index in [2.05, 4.69) is 34.2 Å². The van der Waals surface area contributed by atoms with Gasteiger partial charge in [0.15, 0.2) is 5.65 Å². The average molecular weight is 351 g/mol. The maximum absolute atomic E-state index is 5.61. The lowest BCUT2D eigenvalue weighted by Gasteiger charge is -2.16. The standard InChI is InChI=1S/C19H25N7/c1-3-16-13-23-26-18(22-12-15-7-5-9-21-11-15)10-17(25-19(16)26)24-14(2)6-4-8-20/h3,5,7,9-11,13-14,22H,1,4,6,8,12,20H2,2H3,(H,24,25). The molecule has 0 spiro atoms. The molecule has 1 atom stereocenters. The van der Waals surface area contributed by atoms with Crippen molar-refractivity contribution >= 4 is 23.4 Å². The van der Waals surface area contributed by atoms with Gasteiger partial charge in [0.05, 0.1) is 6.20 Å². The summed E-state index contributed by atoms with van der Waals surface area (Å²) in [6.07, 6.45) is 9.12. The van der Waals surface area contributed by atoms with Gasteiger partial charge in [-0.1, -0.05) is 18.7 Å². The van der Waals surface area contributed by atoms with Crippen molar-refractivity contribution in [3.8, 4) is 0 Å². The van der Waals surface area contributed by atoms with E-state index in [1.54, 1.807) is 23.0 Å². The van der Waals surface area contributed by atoms with Crippen molar-refractivity contribution in [2.24, 2.45) is 5.73 Å². The molecule has 4 N–H and O–H groups in total. The largest absolute Gasteiger partial charge is 0.367 e. The van der Waals surface area contributed by atoms with Gasteiger partial charge in [-0.25, -0.2) is 4.98 Å². The molecule has 0 aliphatic carbocycles. The summed E-state index contributed by atoms with van der Waals surface area (Å²) in [5.74, 6) is 1.67. The molecule has 3 rings (SSSR count). The molecule has 3 heterocycles. The van der Waals surface area contributed by atoms with Gasteiger partial charge in [-0.2, -0.15) is 9.61 Å². The van der Waals surface area contributed by atoms with Gasteiger partial charge in [0.1, 0.15) is 11.6 Å². The number of nitrogens with one attached hydrogen (secondary N) is 2. The number of hydrogen-bond donors (Lipinski definition) is 3. The molecule has 0 fully saturated rings. The van der Waals surface area contributed by atoms with Crippen LogP contribution < -0.4 is 16.4 Å². The second kappa shape index (κ2) is 8.44. The Bertz CT molecular complexity index is 857. The lowest BCUT2D eigenvalue weighted by molar-refractivity contribution is 0.661. The van der Waals surface area contributed by atoms with Crippen LogP contribution in [0.1, 0.15) is 30.9 Å². The summed E-state index contributed by atoms with van der Waals surface area (Å²) in [4.78, 5) is 8.86. The number of anilines is 2. The zero-order valence-electron chi connectivity index (χ0n) is 15.0. The summed E-state index contributed by atoms with van der Waals surface area (Å²) >= 11 is 0. The summed E-state index contributed by atoms with van der Waals surface area (Å²) in [6.45, 7) is 7.33. The fraction of sp³-hybridized carbons (Fsp3) is 0.316. The smallest absolute Gasteiger partial charge is 0.166 e. The van der Waals surface area contributed by atoms with E-state index in [-0.39, 0.29) is 6.04 Å². The van der Waals surface area contributed by atoms with Gasteiger partial charge >= 0.3 is 0 Å². The Balaban J connectivity index is 1.87. The summed E-state index contributed by atoms with van der Waals surface area (Å²) in [7, 11) is 0. The SMILES string of the molecule is C=Cc1cnn2c(NCc3cccnc3)cc(NC(C)CCCN)nc12. The van der Waals surface area contributed by atoms with Crippen LogP contribution in [0, 0.1) is 0 Å². The number of hydrogen-bond acceptors (Lipinski definition) is 6. The third-order valence-corrected chi connectivity index (χ3v) is 4.15. The Morgan fingerprint density at radius 2 is 2.27 bits per heavy atom. The molecule has 26 heavy (non-hydrogen) atoms. The van der Waals surface area contributed by atoms with E-state index in [1.807, 2.05) is 24.4 Å². The fourth-order valence-electron chi connectivity index (χ4n) is 2.77. The van der Waals surface area contributed by atoms with Gasteiger partial charge in [-0.15, -0.1) is 0 Å². The van der Waals surface area contributed by atoms with E-state index >= 15 is 0 Å². The van der Waals surface area contributed by atoms with Gasteiger partial charge < -0.3 is 16.4 Å². The van der Waals surface area contributed by atoms with Crippen LogP contribution in [0.3, 0.4) is 0 Å². The molecule has 0 saturated carbocycles. The quantitative estimate of drug-likeness (QED) is 0.549. The molecular weight excluding hydrogens is 326 g/mol. The number of aromatic nitrogens is 4. The average Bonchev–Trinajstić information content (AvgIpc) is 3.08. The Morgan fingerprint density at radius 3 is 3.00 bits per heavy atom. The van der Waals surface area contributed by atoms with Crippen LogP contribution >= 0.6 is 0 Å².